The van der Waals surface area contributed by atoms with Crippen LogP contribution in [0.5, 0.6) is 0 Å². The quantitative estimate of drug-likeness (QED) is 0.587. The molecule has 2 N–H and O–H groups in total. The summed E-state index contributed by atoms with van der Waals surface area (Å²) in [5, 5.41) is 6.53. The Labute approximate surface area is 126 Å². The zero-order chi connectivity index (χ0) is 13.9. The molecule has 3 nitrogen and oxygen atoms in total. The summed E-state index contributed by atoms with van der Waals surface area (Å²) in [5.41, 5.74) is 8.39. The molecular formula is C15H15N3S2. The van der Waals surface area contributed by atoms with Gasteiger partial charge in [0.25, 0.3) is 0 Å². The van der Waals surface area contributed by atoms with E-state index in [1.54, 1.807) is 29.4 Å². The average Bonchev–Trinajstić information content (AvgIpc) is 2.98. The van der Waals surface area contributed by atoms with E-state index < -0.39 is 0 Å². The molecule has 1 aromatic carbocycles. The molecule has 5 heteroatoms. The Morgan fingerprint density at radius 1 is 1.20 bits per heavy atom. The smallest absolute Gasteiger partial charge is 0.117 e. The number of fused-ring (bicyclic) bond motifs is 1. The van der Waals surface area contributed by atoms with Crippen LogP contribution in [0, 0.1) is 0 Å². The van der Waals surface area contributed by atoms with E-state index in [9.17, 15) is 0 Å². The van der Waals surface area contributed by atoms with Crippen LogP contribution in [0.4, 0.5) is 0 Å². The highest BCUT2D eigenvalue weighted by Gasteiger charge is 2.20. The van der Waals surface area contributed by atoms with Gasteiger partial charge in [-0.25, -0.2) is 9.97 Å². The number of para-hydroxylation sites is 1. The second-order valence-corrected chi connectivity index (χ2v) is 6.56. The van der Waals surface area contributed by atoms with Crippen LogP contribution in [0.25, 0.3) is 10.9 Å². The van der Waals surface area contributed by atoms with Crippen molar-refractivity contribution in [2.24, 2.45) is 5.73 Å². The third-order valence-electron chi connectivity index (χ3n) is 3.09. The van der Waals surface area contributed by atoms with Gasteiger partial charge in [0.1, 0.15) is 11.4 Å². The lowest BCUT2D eigenvalue weighted by molar-refractivity contribution is 0.722. The fourth-order valence-corrected chi connectivity index (χ4v) is 4.04. The first-order chi connectivity index (χ1) is 9.75. The maximum absolute atomic E-state index is 6.16. The predicted molar refractivity (Wildman–Crippen MR) is 86.1 cm³/mol. The summed E-state index contributed by atoms with van der Waals surface area (Å²) in [6.45, 7) is 2.04. The molecule has 0 fully saturated rings. The normalized spacial score (nSPS) is 14.3. The van der Waals surface area contributed by atoms with Crippen molar-refractivity contribution >= 4 is 34.0 Å². The summed E-state index contributed by atoms with van der Waals surface area (Å²) in [5.74, 6) is 0. The van der Waals surface area contributed by atoms with Crippen molar-refractivity contribution in [3.63, 3.8) is 0 Å². The van der Waals surface area contributed by atoms with Crippen LogP contribution in [-0.2, 0) is 0 Å². The van der Waals surface area contributed by atoms with E-state index in [1.807, 2.05) is 25.1 Å². The Morgan fingerprint density at radius 2 is 2.05 bits per heavy atom. The van der Waals surface area contributed by atoms with Gasteiger partial charge in [0.05, 0.1) is 10.8 Å². The van der Waals surface area contributed by atoms with E-state index >= 15 is 0 Å². The second-order valence-electron chi connectivity index (χ2n) is 4.65. The van der Waals surface area contributed by atoms with Gasteiger partial charge in [-0.05, 0) is 35.4 Å². The Kier molecular flexibility index (Phi) is 4.00. The molecule has 20 heavy (non-hydrogen) atoms. The number of nitrogens with zero attached hydrogens (tertiary/aromatic N) is 2. The molecule has 2 heterocycles. The maximum atomic E-state index is 6.16. The van der Waals surface area contributed by atoms with Crippen LogP contribution >= 0.6 is 23.1 Å². The van der Waals surface area contributed by atoms with Crippen molar-refractivity contribution in [2.75, 3.05) is 0 Å². The topological polar surface area (TPSA) is 51.8 Å². The molecule has 3 rings (SSSR count). The Balaban J connectivity index is 1.99. The summed E-state index contributed by atoms with van der Waals surface area (Å²) in [6.07, 6.45) is 1.62. The van der Waals surface area contributed by atoms with Gasteiger partial charge < -0.3 is 5.73 Å². The molecule has 0 saturated carbocycles. The average molecular weight is 301 g/mol. The first kappa shape index (κ1) is 13.5. The zero-order valence-electron chi connectivity index (χ0n) is 11.1. The number of hydrogen-bond acceptors (Lipinski definition) is 5. The Morgan fingerprint density at radius 3 is 2.80 bits per heavy atom. The van der Waals surface area contributed by atoms with E-state index in [-0.39, 0.29) is 11.3 Å². The predicted octanol–water partition coefficient (Wildman–Crippen LogP) is 3.87. The number of thioether (sulfide) groups is 1. The first-order valence-electron chi connectivity index (χ1n) is 6.40. The van der Waals surface area contributed by atoms with E-state index in [2.05, 4.69) is 32.9 Å². The highest BCUT2D eigenvalue weighted by molar-refractivity contribution is 7.99. The number of nitrogens with two attached hydrogens (primary N) is 1. The van der Waals surface area contributed by atoms with Crippen molar-refractivity contribution < 1.29 is 0 Å². The maximum Gasteiger partial charge on any atom is 0.117 e. The first-order valence-corrected chi connectivity index (χ1v) is 8.22. The molecule has 0 aliphatic carbocycles. The number of hydrogen-bond donors (Lipinski definition) is 1. The van der Waals surface area contributed by atoms with Crippen LogP contribution in [0.3, 0.4) is 0 Å². The molecule has 3 aromatic rings. The number of thiophene rings is 1. The fraction of sp³-hybridized carbons (Fsp3) is 0.200. The van der Waals surface area contributed by atoms with Crippen LogP contribution in [0.2, 0.25) is 0 Å². The molecule has 2 aromatic heterocycles. The standard InChI is InChI=1S/C15H15N3S2/c1-10(16)14(11-6-7-19-8-11)20-15-12-4-2-3-5-13(12)17-9-18-15/h2-10,14H,16H2,1H3. The van der Waals surface area contributed by atoms with Crippen molar-refractivity contribution in [1.82, 2.24) is 9.97 Å². The van der Waals surface area contributed by atoms with Gasteiger partial charge in [-0.1, -0.05) is 30.0 Å². The van der Waals surface area contributed by atoms with Gasteiger partial charge in [-0.15, -0.1) is 0 Å². The van der Waals surface area contributed by atoms with E-state index in [0.717, 1.165) is 15.9 Å². The largest absolute Gasteiger partial charge is 0.327 e. The monoisotopic (exact) mass is 301 g/mol. The summed E-state index contributed by atoms with van der Waals surface area (Å²) in [7, 11) is 0. The van der Waals surface area contributed by atoms with Crippen molar-refractivity contribution in [2.45, 2.75) is 23.2 Å². The van der Waals surface area contributed by atoms with Crippen LogP contribution in [0.1, 0.15) is 17.7 Å². The lowest BCUT2D eigenvalue weighted by Crippen LogP contribution is -2.22. The summed E-state index contributed by atoms with van der Waals surface area (Å²) >= 11 is 3.41. The van der Waals surface area contributed by atoms with Crippen LogP contribution < -0.4 is 5.73 Å². The summed E-state index contributed by atoms with van der Waals surface area (Å²) in [4.78, 5) is 8.74. The van der Waals surface area contributed by atoms with Gasteiger partial charge in [0.15, 0.2) is 0 Å². The molecule has 0 aliphatic heterocycles. The molecule has 0 amide bonds. The highest BCUT2D eigenvalue weighted by atomic mass is 32.2. The molecule has 2 unspecified atom stereocenters. The lowest BCUT2D eigenvalue weighted by atomic mass is 10.1. The van der Waals surface area contributed by atoms with Gasteiger partial charge in [-0.2, -0.15) is 11.3 Å². The number of aromatic nitrogens is 2. The van der Waals surface area contributed by atoms with Gasteiger partial charge in [0, 0.05) is 11.4 Å². The minimum absolute atomic E-state index is 0.0586. The summed E-state index contributed by atoms with van der Waals surface area (Å²) in [6, 6.07) is 10.3. The second kappa shape index (κ2) is 5.91. The van der Waals surface area contributed by atoms with Crippen molar-refractivity contribution in [3.8, 4) is 0 Å². The lowest BCUT2D eigenvalue weighted by Gasteiger charge is -2.19. The molecular weight excluding hydrogens is 286 g/mol. The van der Waals surface area contributed by atoms with E-state index in [0.29, 0.717) is 0 Å². The van der Waals surface area contributed by atoms with E-state index in [4.69, 9.17) is 5.73 Å². The van der Waals surface area contributed by atoms with Crippen LogP contribution in [0.15, 0.2) is 52.4 Å². The molecule has 2 atom stereocenters. The Bertz CT molecular complexity index is 690. The van der Waals surface area contributed by atoms with Gasteiger partial charge in [0.2, 0.25) is 0 Å². The van der Waals surface area contributed by atoms with Crippen molar-refractivity contribution in [1.29, 1.82) is 0 Å². The molecule has 0 bridgehead atoms. The third kappa shape index (κ3) is 2.70. The van der Waals surface area contributed by atoms with Gasteiger partial charge >= 0.3 is 0 Å². The van der Waals surface area contributed by atoms with Gasteiger partial charge in [-0.3, -0.25) is 0 Å². The Hall–Kier alpha value is -1.43. The number of rotatable bonds is 4. The molecule has 0 aliphatic rings. The fourth-order valence-electron chi connectivity index (χ4n) is 2.11. The minimum Gasteiger partial charge on any atom is -0.327 e. The molecule has 0 saturated heterocycles. The van der Waals surface area contributed by atoms with E-state index in [1.165, 1.54) is 5.56 Å². The highest BCUT2D eigenvalue weighted by Crippen LogP contribution is 2.39. The molecule has 0 spiro atoms. The molecule has 0 radical (unpaired) electrons. The summed E-state index contributed by atoms with van der Waals surface area (Å²) < 4.78 is 0. The minimum atomic E-state index is 0.0586. The van der Waals surface area contributed by atoms with Crippen molar-refractivity contribution in [3.05, 3.63) is 53.0 Å². The van der Waals surface area contributed by atoms with Crippen LogP contribution in [-0.4, -0.2) is 16.0 Å². The third-order valence-corrected chi connectivity index (χ3v) is 5.30. The molecule has 102 valence electrons. The zero-order valence-corrected chi connectivity index (χ0v) is 12.7. The SMILES string of the molecule is CC(N)C(Sc1ncnc2ccccc12)c1ccsc1. The number of benzene rings is 1.